The minimum atomic E-state index is -0.638. The summed E-state index contributed by atoms with van der Waals surface area (Å²) in [4.78, 5) is 3.15. The fraction of sp³-hybridized carbons (Fsp3) is 0.0667. The van der Waals surface area contributed by atoms with E-state index in [1.807, 2.05) is 24.4 Å². The number of H-pyrrole nitrogens is 1. The lowest BCUT2D eigenvalue weighted by Crippen LogP contribution is -1.98. The molecule has 3 nitrogen and oxygen atoms in total. The highest BCUT2D eigenvalue weighted by Gasteiger charge is 2.05. The van der Waals surface area contributed by atoms with Crippen LogP contribution >= 0.6 is 11.6 Å². The number of phenols is 1. The predicted molar refractivity (Wildman–Crippen MR) is 78.7 cm³/mol. The van der Waals surface area contributed by atoms with Gasteiger partial charge in [-0.05, 0) is 29.8 Å². The Labute approximate surface area is 120 Å². The number of rotatable bonds is 3. The summed E-state index contributed by atoms with van der Waals surface area (Å²) in [7, 11) is 0. The van der Waals surface area contributed by atoms with Crippen LogP contribution in [0.1, 0.15) is 5.56 Å². The molecule has 0 unspecified atom stereocenters. The van der Waals surface area contributed by atoms with Gasteiger partial charge in [-0.15, -0.1) is 0 Å². The Morgan fingerprint density at radius 2 is 2.05 bits per heavy atom. The third-order valence-corrected chi connectivity index (χ3v) is 3.40. The minimum Gasteiger partial charge on any atom is -0.505 e. The van der Waals surface area contributed by atoms with Crippen LogP contribution < -0.4 is 5.32 Å². The van der Waals surface area contributed by atoms with Gasteiger partial charge < -0.3 is 15.4 Å². The normalized spacial score (nSPS) is 10.9. The molecule has 0 aliphatic heterocycles. The molecule has 0 fully saturated rings. The van der Waals surface area contributed by atoms with E-state index < -0.39 is 5.82 Å². The minimum absolute atomic E-state index is 0.350. The zero-order valence-corrected chi connectivity index (χ0v) is 11.2. The molecule has 0 saturated carbocycles. The smallest absolute Gasteiger partial charge is 0.166 e. The quantitative estimate of drug-likeness (QED) is 0.631. The lowest BCUT2D eigenvalue weighted by molar-refractivity contribution is 0.432. The first-order valence-electron chi connectivity index (χ1n) is 6.11. The van der Waals surface area contributed by atoms with Crippen LogP contribution in [-0.2, 0) is 6.54 Å². The van der Waals surface area contributed by atoms with Gasteiger partial charge in [-0.25, -0.2) is 4.39 Å². The van der Waals surface area contributed by atoms with Gasteiger partial charge in [-0.2, -0.15) is 0 Å². The first-order chi connectivity index (χ1) is 9.63. The molecule has 0 bridgehead atoms. The number of anilines is 1. The van der Waals surface area contributed by atoms with Crippen molar-refractivity contribution in [3.63, 3.8) is 0 Å². The van der Waals surface area contributed by atoms with Gasteiger partial charge in [0.2, 0.25) is 0 Å². The summed E-state index contributed by atoms with van der Waals surface area (Å²) < 4.78 is 13.2. The van der Waals surface area contributed by atoms with Crippen LogP contribution in [-0.4, -0.2) is 10.1 Å². The summed E-state index contributed by atoms with van der Waals surface area (Å²) in [5.74, 6) is -0.988. The molecule has 2 aromatic carbocycles. The Morgan fingerprint density at radius 3 is 2.85 bits per heavy atom. The lowest BCUT2D eigenvalue weighted by atomic mass is 10.1. The van der Waals surface area contributed by atoms with Crippen LogP contribution in [0.25, 0.3) is 10.9 Å². The molecule has 0 amide bonds. The first kappa shape index (κ1) is 12.8. The van der Waals surface area contributed by atoms with Crippen molar-refractivity contribution in [1.29, 1.82) is 0 Å². The Balaban J connectivity index is 1.81. The second-order valence-corrected chi connectivity index (χ2v) is 4.96. The van der Waals surface area contributed by atoms with Crippen LogP contribution in [0, 0.1) is 5.82 Å². The molecule has 0 saturated heterocycles. The third kappa shape index (κ3) is 2.42. The second-order valence-electron chi connectivity index (χ2n) is 4.52. The maximum Gasteiger partial charge on any atom is 0.166 e. The van der Waals surface area contributed by atoms with Crippen LogP contribution in [0.4, 0.5) is 10.1 Å². The van der Waals surface area contributed by atoms with Gasteiger partial charge in [0.1, 0.15) is 0 Å². The Kier molecular flexibility index (Phi) is 3.24. The van der Waals surface area contributed by atoms with Gasteiger partial charge in [0.05, 0.1) is 0 Å². The van der Waals surface area contributed by atoms with Crippen LogP contribution in [0.3, 0.4) is 0 Å². The van der Waals surface area contributed by atoms with Crippen molar-refractivity contribution < 1.29 is 9.50 Å². The SMILES string of the molecule is Oc1ccc(NCc2c[nH]c3cc(Cl)ccc23)cc1F. The van der Waals surface area contributed by atoms with E-state index in [0.29, 0.717) is 17.3 Å². The zero-order valence-electron chi connectivity index (χ0n) is 10.5. The lowest BCUT2D eigenvalue weighted by Gasteiger charge is -2.06. The number of phenolic OH excluding ortho intramolecular Hbond substituents is 1. The van der Waals surface area contributed by atoms with E-state index >= 15 is 0 Å². The van der Waals surface area contributed by atoms with Crippen LogP contribution in [0.15, 0.2) is 42.6 Å². The number of fused-ring (bicyclic) bond motifs is 1. The third-order valence-electron chi connectivity index (χ3n) is 3.16. The number of aromatic hydroxyl groups is 1. The highest BCUT2D eigenvalue weighted by Crippen LogP contribution is 2.24. The molecule has 0 aliphatic carbocycles. The molecule has 1 aromatic heterocycles. The fourth-order valence-corrected chi connectivity index (χ4v) is 2.29. The van der Waals surface area contributed by atoms with Crippen molar-refractivity contribution >= 4 is 28.2 Å². The summed E-state index contributed by atoms with van der Waals surface area (Å²) in [5, 5.41) is 14.0. The molecule has 102 valence electrons. The van der Waals surface area contributed by atoms with E-state index in [1.165, 1.54) is 12.1 Å². The molecule has 3 rings (SSSR count). The number of halogens is 2. The number of aromatic amines is 1. The average Bonchev–Trinajstić information content (AvgIpc) is 2.82. The molecule has 3 N–H and O–H groups in total. The Hall–Kier alpha value is -2.20. The monoisotopic (exact) mass is 290 g/mol. The predicted octanol–water partition coefficient (Wildman–Crippen LogP) is 4.28. The molecule has 5 heteroatoms. The summed E-state index contributed by atoms with van der Waals surface area (Å²) in [6, 6.07) is 9.86. The van der Waals surface area contributed by atoms with E-state index in [4.69, 9.17) is 16.7 Å². The van der Waals surface area contributed by atoms with Crippen molar-refractivity contribution in [2.75, 3.05) is 5.32 Å². The molecule has 0 aliphatic rings. The van der Waals surface area contributed by atoms with Gasteiger partial charge in [0, 0.05) is 40.4 Å². The summed E-state index contributed by atoms with van der Waals surface area (Å²) >= 11 is 5.93. The molecule has 0 atom stereocenters. The zero-order chi connectivity index (χ0) is 14.1. The Bertz CT molecular complexity index is 770. The number of hydrogen-bond donors (Lipinski definition) is 3. The van der Waals surface area contributed by atoms with Gasteiger partial charge in [-0.1, -0.05) is 17.7 Å². The van der Waals surface area contributed by atoms with Crippen molar-refractivity contribution in [2.45, 2.75) is 6.54 Å². The number of benzene rings is 2. The summed E-state index contributed by atoms with van der Waals surface area (Å²) in [6.07, 6.45) is 1.89. The summed E-state index contributed by atoms with van der Waals surface area (Å²) in [5.41, 5.74) is 2.64. The molecule has 0 spiro atoms. The number of nitrogens with one attached hydrogen (secondary N) is 2. The molecule has 1 heterocycles. The molecule has 0 radical (unpaired) electrons. The van der Waals surface area contributed by atoms with E-state index in [2.05, 4.69) is 10.3 Å². The van der Waals surface area contributed by atoms with Crippen molar-refractivity contribution in [3.8, 4) is 5.75 Å². The highest BCUT2D eigenvalue weighted by atomic mass is 35.5. The Morgan fingerprint density at radius 1 is 1.20 bits per heavy atom. The highest BCUT2D eigenvalue weighted by molar-refractivity contribution is 6.31. The fourth-order valence-electron chi connectivity index (χ4n) is 2.12. The van der Waals surface area contributed by atoms with Gasteiger partial charge in [-0.3, -0.25) is 0 Å². The van der Waals surface area contributed by atoms with Crippen molar-refractivity contribution in [3.05, 3.63) is 59.0 Å². The molecular weight excluding hydrogens is 279 g/mol. The van der Waals surface area contributed by atoms with Crippen molar-refractivity contribution in [1.82, 2.24) is 4.98 Å². The maximum absolute atomic E-state index is 13.2. The second kappa shape index (κ2) is 5.06. The summed E-state index contributed by atoms with van der Waals surface area (Å²) in [6.45, 7) is 0.547. The number of hydrogen-bond acceptors (Lipinski definition) is 2. The average molecular weight is 291 g/mol. The van der Waals surface area contributed by atoms with Gasteiger partial charge in [0.15, 0.2) is 11.6 Å². The molecular formula is C15H12ClFN2O. The van der Waals surface area contributed by atoms with Gasteiger partial charge >= 0.3 is 0 Å². The van der Waals surface area contributed by atoms with Crippen molar-refractivity contribution in [2.24, 2.45) is 0 Å². The standard InChI is InChI=1S/C15H12ClFN2O/c16-10-1-3-12-9(8-19-14(12)5-10)7-18-11-2-4-15(20)13(17)6-11/h1-6,8,18-20H,7H2. The van der Waals surface area contributed by atoms with E-state index in [0.717, 1.165) is 16.5 Å². The van der Waals surface area contributed by atoms with Gasteiger partial charge in [0.25, 0.3) is 0 Å². The van der Waals surface area contributed by atoms with E-state index in [-0.39, 0.29) is 5.75 Å². The van der Waals surface area contributed by atoms with E-state index in [1.54, 1.807) is 6.07 Å². The maximum atomic E-state index is 13.2. The first-order valence-corrected chi connectivity index (χ1v) is 6.49. The van der Waals surface area contributed by atoms with Crippen LogP contribution in [0.2, 0.25) is 5.02 Å². The molecule has 3 aromatic rings. The van der Waals surface area contributed by atoms with Crippen LogP contribution in [0.5, 0.6) is 5.75 Å². The topological polar surface area (TPSA) is 48.0 Å². The molecule has 20 heavy (non-hydrogen) atoms. The van der Waals surface area contributed by atoms with E-state index in [9.17, 15) is 4.39 Å². The number of aromatic nitrogens is 1. The largest absolute Gasteiger partial charge is 0.505 e.